The molecule has 1 fully saturated rings. The molecule has 110 valence electrons. The van der Waals surface area contributed by atoms with Crippen LogP contribution < -0.4 is 5.32 Å². The van der Waals surface area contributed by atoms with Gasteiger partial charge in [-0.3, -0.25) is 0 Å². The van der Waals surface area contributed by atoms with Crippen molar-refractivity contribution in [2.45, 2.75) is 24.6 Å². The number of carboxylic acid groups (broad SMARTS) is 1. The van der Waals surface area contributed by atoms with Gasteiger partial charge in [0.1, 0.15) is 11.4 Å². The summed E-state index contributed by atoms with van der Waals surface area (Å²) in [5, 5.41) is 11.7. The van der Waals surface area contributed by atoms with Gasteiger partial charge in [0, 0.05) is 5.39 Å². The van der Waals surface area contributed by atoms with Gasteiger partial charge in [0.25, 0.3) is 0 Å². The molecule has 2 N–H and O–H groups in total. The lowest BCUT2D eigenvalue weighted by Crippen LogP contribution is -2.39. The molecule has 0 unspecified atom stereocenters. The summed E-state index contributed by atoms with van der Waals surface area (Å²) >= 11 is 0. The van der Waals surface area contributed by atoms with Gasteiger partial charge < -0.3 is 10.4 Å². The Morgan fingerprint density at radius 3 is 2.48 bits per heavy atom. The Hall–Kier alpha value is -2.38. The number of rotatable bonds is 3. The van der Waals surface area contributed by atoms with Gasteiger partial charge in [-0.1, -0.05) is 12.1 Å². The van der Waals surface area contributed by atoms with Crippen LogP contribution in [0.3, 0.4) is 0 Å². The molecule has 21 heavy (non-hydrogen) atoms. The van der Waals surface area contributed by atoms with Gasteiger partial charge in [-0.05, 0) is 25.0 Å². The number of anilines is 1. The summed E-state index contributed by atoms with van der Waals surface area (Å²) in [4.78, 5) is 18.5. The van der Waals surface area contributed by atoms with Crippen molar-refractivity contribution in [2.75, 3.05) is 5.32 Å². The van der Waals surface area contributed by atoms with Crippen LogP contribution in [0.5, 0.6) is 0 Å². The minimum atomic E-state index is -4.41. The molecule has 1 aliphatic carbocycles. The average molecular weight is 297 g/mol. The fourth-order valence-corrected chi connectivity index (χ4v) is 2.10. The van der Waals surface area contributed by atoms with Crippen molar-refractivity contribution in [1.29, 1.82) is 0 Å². The largest absolute Gasteiger partial charge is 0.475 e. The standard InChI is InChI=1S/C13H10F3N3O2/c14-13(15,16)12(5-6-12)19-9-7-3-1-2-4-8(7)17-10(18-9)11(20)21/h1-4H,5-6H2,(H,20,21)(H,17,18,19). The lowest BCUT2D eigenvalue weighted by atomic mass is 10.2. The number of benzene rings is 1. The first-order chi connectivity index (χ1) is 9.82. The van der Waals surface area contributed by atoms with Crippen LogP contribution in [-0.4, -0.2) is 32.8 Å². The smallest absolute Gasteiger partial charge is 0.411 e. The fourth-order valence-electron chi connectivity index (χ4n) is 2.10. The minimum absolute atomic E-state index is 0.0583. The second-order valence-corrected chi connectivity index (χ2v) is 4.92. The number of hydrogen-bond donors (Lipinski definition) is 2. The van der Waals surface area contributed by atoms with E-state index >= 15 is 0 Å². The van der Waals surface area contributed by atoms with Crippen molar-refractivity contribution < 1.29 is 23.1 Å². The molecule has 0 spiro atoms. The molecule has 5 nitrogen and oxygen atoms in total. The molecule has 1 aliphatic rings. The summed E-state index contributed by atoms with van der Waals surface area (Å²) in [7, 11) is 0. The van der Waals surface area contributed by atoms with Crippen LogP contribution in [0.15, 0.2) is 24.3 Å². The molecular weight excluding hydrogens is 287 g/mol. The van der Waals surface area contributed by atoms with E-state index in [2.05, 4.69) is 15.3 Å². The lowest BCUT2D eigenvalue weighted by molar-refractivity contribution is -0.151. The van der Waals surface area contributed by atoms with E-state index in [0.717, 1.165) is 0 Å². The SMILES string of the molecule is O=C(O)c1nc(NC2(C(F)(F)F)CC2)c2ccccc2n1. The molecule has 0 aliphatic heterocycles. The van der Waals surface area contributed by atoms with Gasteiger partial charge >= 0.3 is 12.1 Å². The highest BCUT2D eigenvalue weighted by molar-refractivity contribution is 5.93. The molecule has 3 rings (SSSR count). The number of para-hydroxylation sites is 1. The predicted molar refractivity (Wildman–Crippen MR) is 68.1 cm³/mol. The second kappa shape index (κ2) is 4.31. The van der Waals surface area contributed by atoms with Crippen molar-refractivity contribution in [3.63, 3.8) is 0 Å². The van der Waals surface area contributed by atoms with Crippen LogP contribution in [0.4, 0.5) is 19.0 Å². The van der Waals surface area contributed by atoms with Gasteiger partial charge in [0.2, 0.25) is 5.82 Å². The topological polar surface area (TPSA) is 75.1 Å². The third-order valence-corrected chi connectivity index (χ3v) is 3.44. The van der Waals surface area contributed by atoms with Crippen LogP contribution >= 0.6 is 0 Å². The van der Waals surface area contributed by atoms with Crippen LogP contribution in [0.25, 0.3) is 10.9 Å². The van der Waals surface area contributed by atoms with Crippen LogP contribution in [0.1, 0.15) is 23.5 Å². The summed E-state index contributed by atoms with van der Waals surface area (Å²) in [6, 6.07) is 6.34. The molecule has 2 aromatic rings. The highest BCUT2D eigenvalue weighted by atomic mass is 19.4. The summed E-state index contributed by atoms with van der Waals surface area (Å²) < 4.78 is 39.1. The molecule has 0 saturated heterocycles. The van der Waals surface area contributed by atoms with Crippen LogP contribution in [-0.2, 0) is 0 Å². The average Bonchev–Trinajstić information content (AvgIpc) is 3.19. The zero-order valence-corrected chi connectivity index (χ0v) is 10.6. The first kappa shape index (κ1) is 13.6. The first-order valence-corrected chi connectivity index (χ1v) is 6.17. The Balaban J connectivity index is 2.11. The number of nitrogens with zero attached hydrogens (tertiary/aromatic N) is 2. The fraction of sp³-hybridized carbons (Fsp3) is 0.308. The zero-order valence-electron chi connectivity index (χ0n) is 10.6. The van der Waals surface area contributed by atoms with E-state index in [1.54, 1.807) is 18.2 Å². The first-order valence-electron chi connectivity index (χ1n) is 6.17. The van der Waals surface area contributed by atoms with Gasteiger partial charge in [0.05, 0.1) is 5.52 Å². The number of aromatic carboxylic acids is 1. The maximum atomic E-state index is 13.0. The van der Waals surface area contributed by atoms with Crippen molar-refractivity contribution in [2.24, 2.45) is 0 Å². The normalized spacial score (nSPS) is 16.7. The van der Waals surface area contributed by atoms with E-state index in [1.165, 1.54) is 6.07 Å². The quantitative estimate of drug-likeness (QED) is 0.911. The molecule has 0 atom stereocenters. The van der Waals surface area contributed by atoms with E-state index < -0.39 is 23.5 Å². The molecule has 1 aromatic heterocycles. The molecule has 0 bridgehead atoms. The number of fused-ring (bicyclic) bond motifs is 1. The molecule has 1 heterocycles. The van der Waals surface area contributed by atoms with Gasteiger partial charge in [-0.15, -0.1) is 0 Å². The van der Waals surface area contributed by atoms with Gasteiger partial charge in [0.15, 0.2) is 0 Å². The monoisotopic (exact) mass is 297 g/mol. The van der Waals surface area contributed by atoms with E-state index in [1.807, 2.05) is 0 Å². The number of halogens is 3. The molecule has 0 radical (unpaired) electrons. The molecule has 0 amide bonds. The van der Waals surface area contributed by atoms with Crippen molar-refractivity contribution in [1.82, 2.24) is 9.97 Å². The Morgan fingerprint density at radius 1 is 1.24 bits per heavy atom. The maximum Gasteiger partial charge on any atom is 0.411 e. The van der Waals surface area contributed by atoms with E-state index in [-0.39, 0.29) is 24.2 Å². The van der Waals surface area contributed by atoms with Crippen molar-refractivity contribution in [3.8, 4) is 0 Å². The van der Waals surface area contributed by atoms with Crippen molar-refractivity contribution in [3.05, 3.63) is 30.1 Å². The van der Waals surface area contributed by atoms with Crippen molar-refractivity contribution >= 4 is 22.7 Å². The van der Waals surface area contributed by atoms with Gasteiger partial charge in [-0.2, -0.15) is 13.2 Å². The van der Waals surface area contributed by atoms with E-state index in [0.29, 0.717) is 5.39 Å². The number of aromatic nitrogens is 2. The van der Waals surface area contributed by atoms with E-state index in [4.69, 9.17) is 5.11 Å². The minimum Gasteiger partial charge on any atom is -0.475 e. The summed E-state index contributed by atoms with van der Waals surface area (Å²) in [6.45, 7) is 0. The molecule has 1 saturated carbocycles. The predicted octanol–water partition coefficient (Wildman–Crippen LogP) is 2.83. The molecular formula is C13H10F3N3O2. The number of hydrogen-bond acceptors (Lipinski definition) is 4. The number of carboxylic acids is 1. The third-order valence-electron chi connectivity index (χ3n) is 3.44. The highest BCUT2D eigenvalue weighted by Gasteiger charge is 2.63. The van der Waals surface area contributed by atoms with E-state index in [9.17, 15) is 18.0 Å². The Kier molecular flexibility index (Phi) is 2.79. The summed E-state index contributed by atoms with van der Waals surface area (Å²) in [5.41, 5.74) is -1.73. The Bertz CT molecular complexity index is 726. The third kappa shape index (κ3) is 2.26. The van der Waals surface area contributed by atoms with Gasteiger partial charge in [-0.25, -0.2) is 14.8 Å². The highest BCUT2D eigenvalue weighted by Crippen LogP contribution is 2.51. The number of nitrogens with one attached hydrogen (secondary N) is 1. The number of carbonyl (C=O) groups is 1. The molecule has 8 heteroatoms. The summed E-state index contributed by atoms with van der Waals surface area (Å²) in [6.07, 6.45) is -4.53. The maximum absolute atomic E-state index is 13.0. The van der Waals surface area contributed by atoms with Crippen LogP contribution in [0.2, 0.25) is 0 Å². The number of alkyl halides is 3. The molecule has 1 aromatic carbocycles. The Labute approximate surface area is 116 Å². The lowest BCUT2D eigenvalue weighted by Gasteiger charge is -2.22. The van der Waals surface area contributed by atoms with Crippen LogP contribution in [0, 0.1) is 0 Å². The summed E-state index contributed by atoms with van der Waals surface area (Å²) in [5.74, 6) is -2.03. The second-order valence-electron chi connectivity index (χ2n) is 4.92. The zero-order chi connectivity index (χ0) is 15.3. The Morgan fingerprint density at radius 2 is 1.90 bits per heavy atom.